The lowest BCUT2D eigenvalue weighted by atomic mass is 10.0. The molecule has 0 aromatic heterocycles. The molecule has 1 aliphatic carbocycles. The first-order valence-corrected chi connectivity index (χ1v) is 7.22. The van der Waals surface area contributed by atoms with E-state index in [9.17, 15) is 5.21 Å². The van der Waals surface area contributed by atoms with Gasteiger partial charge in [-0.25, -0.2) is 0 Å². The molecule has 0 spiro atoms. The summed E-state index contributed by atoms with van der Waals surface area (Å²) in [5, 5.41) is 13.6. The third-order valence-electron chi connectivity index (χ3n) is 3.91. The van der Waals surface area contributed by atoms with Crippen molar-refractivity contribution in [3.63, 3.8) is 0 Å². The summed E-state index contributed by atoms with van der Waals surface area (Å²) in [6.07, 6.45) is 0.984. The summed E-state index contributed by atoms with van der Waals surface area (Å²) in [7, 11) is 1.63. The molecule has 0 amide bonds. The van der Waals surface area contributed by atoms with Gasteiger partial charge in [-0.05, 0) is 42.2 Å². The van der Waals surface area contributed by atoms with Crippen molar-refractivity contribution in [1.82, 2.24) is 0 Å². The second-order valence-corrected chi connectivity index (χ2v) is 5.65. The van der Waals surface area contributed by atoms with Crippen LogP contribution in [0.1, 0.15) is 23.5 Å². The fourth-order valence-electron chi connectivity index (χ4n) is 2.70. The number of nitrogens with zero attached hydrogens (tertiary/aromatic N) is 1. The first kappa shape index (κ1) is 14.0. The predicted molar refractivity (Wildman–Crippen MR) is 83.6 cm³/mol. The highest BCUT2D eigenvalue weighted by atomic mass is 35.5. The third kappa shape index (κ3) is 2.88. The summed E-state index contributed by atoms with van der Waals surface area (Å²) >= 11 is 5.91. The topological polar surface area (TPSA) is 41.8 Å². The van der Waals surface area contributed by atoms with Crippen LogP contribution in [0.25, 0.3) is 0 Å². The lowest BCUT2D eigenvalue weighted by molar-refractivity contribution is 0.317. The standard InChI is InChI=1S/C17H16ClNO2/c1-21-14-4-2-3-12(9-14)17(19-20)16-10-15(16)11-5-7-13(18)8-6-11/h2-9,15-16,20H,10H2,1H3/b19-17+/t15-,16+/m1/s1. The van der Waals surface area contributed by atoms with E-state index in [0.29, 0.717) is 11.6 Å². The van der Waals surface area contributed by atoms with Crippen molar-refractivity contribution in [2.45, 2.75) is 12.3 Å². The van der Waals surface area contributed by atoms with Gasteiger partial charge in [0.1, 0.15) is 5.75 Å². The smallest absolute Gasteiger partial charge is 0.119 e. The van der Waals surface area contributed by atoms with Crippen LogP contribution in [0, 0.1) is 5.92 Å². The minimum Gasteiger partial charge on any atom is -0.497 e. The number of rotatable bonds is 4. The van der Waals surface area contributed by atoms with E-state index in [2.05, 4.69) is 5.16 Å². The zero-order valence-corrected chi connectivity index (χ0v) is 12.4. The van der Waals surface area contributed by atoms with Crippen LogP contribution in [0.2, 0.25) is 5.02 Å². The highest BCUT2D eigenvalue weighted by molar-refractivity contribution is 6.30. The van der Waals surface area contributed by atoms with Crippen molar-refractivity contribution in [3.05, 3.63) is 64.7 Å². The molecule has 3 rings (SSSR count). The zero-order valence-electron chi connectivity index (χ0n) is 11.7. The maximum atomic E-state index is 9.39. The molecule has 4 heteroatoms. The Bertz CT molecular complexity index is 667. The van der Waals surface area contributed by atoms with Crippen molar-refractivity contribution in [3.8, 4) is 5.75 Å². The molecule has 2 atom stereocenters. The van der Waals surface area contributed by atoms with Gasteiger partial charge in [-0.1, -0.05) is 41.0 Å². The molecule has 0 bridgehead atoms. The number of benzene rings is 2. The average molecular weight is 302 g/mol. The molecule has 0 heterocycles. The number of hydrogen-bond acceptors (Lipinski definition) is 3. The Morgan fingerprint density at radius 3 is 2.67 bits per heavy atom. The van der Waals surface area contributed by atoms with Crippen LogP contribution in [0.4, 0.5) is 0 Å². The minimum atomic E-state index is 0.239. The van der Waals surface area contributed by atoms with E-state index in [1.165, 1.54) is 5.56 Å². The summed E-state index contributed by atoms with van der Waals surface area (Å²) < 4.78 is 5.22. The Labute approximate surface area is 128 Å². The van der Waals surface area contributed by atoms with Crippen molar-refractivity contribution in [1.29, 1.82) is 0 Å². The molecule has 1 saturated carbocycles. The summed E-state index contributed by atoms with van der Waals surface area (Å²) in [5.74, 6) is 1.39. The minimum absolute atomic E-state index is 0.239. The highest BCUT2D eigenvalue weighted by Crippen LogP contribution is 2.49. The monoisotopic (exact) mass is 301 g/mol. The fourth-order valence-corrected chi connectivity index (χ4v) is 2.83. The summed E-state index contributed by atoms with van der Waals surface area (Å²) in [6, 6.07) is 15.5. The Kier molecular flexibility index (Phi) is 3.84. The van der Waals surface area contributed by atoms with Gasteiger partial charge in [0.05, 0.1) is 12.8 Å². The van der Waals surface area contributed by atoms with Crippen molar-refractivity contribution >= 4 is 17.3 Å². The van der Waals surface area contributed by atoms with Gasteiger partial charge in [0, 0.05) is 16.5 Å². The predicted octanol–water partition coefficient (Wildman–Crippen LogP) is 4.33. The largest absolute Gasteiger partial charge is 0.497 e. The molecule has 0 saturated heterocycles. The molecule has 1 fully saturated rings. The number of oxime groups is 1. The molecule has 0 radical (unpaired) electrons. The first-order valence-electron chi connectivity index (χ1n) is 6.84. The van der Waals surface area contributed by atoms with Crippen LogP contribution in [-0.2, 0) is 0 Å². The van der Waals surface area contributed by atoms with Crippen LogP contribution >= 0.6 is 11.6 Å². The molecule has 1 N–H and O–H groups in total. The molecule has 21 heavy (non-hydrogen) atoms. The van der Waals surface area contributed by atoms with Crippen LogP contribution in [0.15, 0.2) is 53.7 Å². The summed E-state index contributed by atoms with van der Waals surface area (Å²) in [5.41, 5.74) is 2.85. The maximum Gasteiger partial charge on any atom is 0.119 e. The van der Waals surface area contributed by atoms with Crippen molar-refractivity contribution < 1.29 is 9.94 Å². The quantitative estimate of drug-likeness (QED) is 0.519. The van der Waals surface area contributed by atoms with Gasteiger partial charge in [0.25, 0.3) is 0 Å². The SMILES string of the molecule is COc1cccc(/C(=N\O)[C@H]2C[C@@H]2c2ccc(Cl)cc2)c1. The molecule has 0 aliphatic heterocycles. The Morgan fingerprint density at radius 1 is 1.24 bits per heavy atom. The molecule has 1 aliphatic rings. The molecule has 108 valence electrons. The molecule has 3 nitrogen and oxygen atoms in total. The first-order chi connectivity index (χ1) is 10.2. The molecule has 0 unspecified atom stereocenters. The normalized spacial score (nSPS) is 21.1. The lowest BCUT2D eigenvalue weighted by Gasteiger charge is -2.07. The van der Waals surface area contributed by atoms with Gasteiger partial charge in [0.2, 0.25) is 0 Å². The van der Waals surface area contributed by atoms with E-state index >= 15 is 0 Å². The zero-order chi connectivity index (χ0) is 14.8. The Balaban J connectivity index is 1.81. The van der Waals surface area contributed by atoms with Gasteiger partial charge >= 0.3 is 0 Å². The van der Waals surface area contributed by atoms with E-state index < -0.39 is 0 Å². The second-order valence-electron chi connectivity index (χ2n) is 5.22. The molecule has 2 aromatic carbocycles. The van der Waals surface area contributed by atoms with Gasteiger partial charge in [-0.3, -0.25) is 0 Å². The van der Waals surface area contributed by atoms with Crippen LogP contribution in [-0.4, -0.2) is 18.0 Å². The number of halogens is 1. The van der Waals surface area contributed by atoms with E-state index in [1.807, 2.05) is 48.5 Å². The number of methoxy groups -OCH3 is 1. The average Bonchev–Trinajstić information content (AvgIpc) is 3.29. The van der Waals surface area contributed by atoms with E-state index in [1.54, 1.807) is 7.11 Å². The molecular formula is C17H16ClNO2. The summed E-state index contributed by atoms with van der Waals surface area (Å²) in [4.78, 5) is 0. The Hall–Kier alpha value is -2.00. The van der Waals surface area contributed by atoms with Crippen LogP contribution in [0.5, 0.6) is 5.75 Å². The fraction of sp³-hybridized carbons (Fsp3) is 0.235. The van der Waals surface area contributed by atoms with Gasteiger partial charge < -0.3 is 9.94 Å². The molecular weight excluding hydrogens is 286 g/mol. The Morgan fingerprint density at radius 2 is 2.00 bits per heavy atom. The second kappa shape index (κ2) is 5.78. The van der Waals surface area contributed by atoms with Crippen LogP contribution < -0.4 is 4.74 Å². The van der Waals surface area contributed by atoms with Gasteiger partial charge in [-0.15, -0.1) is 0 Å². The lowest BCUT2D eigenvalue weighted by Crippen LogP contribution is -2.05. The number of ether oxygens (including phenoxy) is 1. The van der Waals surface area contributed by atoms with E-state index in [0.717, 1.165) is 22.8 Å². The van der Waals surface area contributed by atoms with E-state index in [4.69, 9.17) is 16.3 Å². The highest BCUT2D eigenvalue weighted by Gasteiger charge is 2.43. The van der Waals surface area contributed by atoms with Crippen LogP contribution in [0.3, 0.4) is 0 Å². The number of hydrogen-bond donors (Lipinski definition) is 1. The maximum absolute atomic E-state index is 9.39. The summed E-state index contributed by atoms with van der Waals surface area (Å²) in [6.45, 7) is 0. The third-order valence-corrected chi connectivity index (χ3v) is 4.17. The molecule has 2 aromatic rings. The van der Waals surface area contributed by atoms with E-state index in [-0.39, 0.29) is 5.92 Å². The van der Waals surface area contributed by atoms with Crippen molar-refractivity contribution in [2.24, 2.45) is 11.1 Å². The van der Waals surface area contributed by atoms with Gasteiger partial charge in [-0.2, -0.15) is 0 Å². The van der Waals surface area contributed by atoms with Gasteiger partial charge in [0.15, 0.2) is 0 Å². The van der Waals surface area contributed by atoms with Crippen molar-refractivity contribution in [2.75, 3.05) is 7.11 Å².